The zero-order chi connectivity index (χ0) is 19.5. The van der Waals surface area contributed by atoms with Gasteiger partial charge in [0.05, 0.1) is 12.2 Å². The second kappa shape index (κ2) is 7.67. The van der Waals surface area contributed by atoms with E-state index in [0.29, 0.717) is 11.6 Å². The lowest BCUT2D eigenvalue weighted by Gasteiger charge is -2.19. The molecule has 0 saturated carbocycles. The fourth-order valence-corrected chi connectivity index (χ4v) is 3.07. The first kappa shape index (κ1) is 18.0. The number of nitrogens with one attached hydrogen (secondary N) is 2. The molecule has 8 heteroatoms. The first-order valence-corrected chi connectivity index (χ1v) is 8.86. The molecule has 0 saturated heterocycles. The van der Waals surface area contributed by atoms with Crippen molar-refractivity contribution in [3.63, 3.8) is 0 Å². The Balaban J connectivity index is 1.59. The maximum Gasteiger partial charge on any atom is 0.272 e. The molecule has 28 heavy (non-hydrogen) atoms. The molecule has 144 valence electrons. The number of rotatable bonds is 7. The van der Waals surface area contributed by atoms with Crippen LogP contribution in [0, 0.1) is 0 Å². The molecule has 4 rings (SSSR count). The van der Waals surface area contributed by atoms with E-state index in [9.17, 15) is 8.78 Å². The Bertz CT molecular complexity index is 1060. The number of hydrogen-bond donors (Lipinski definition) is 2. The molecule has 0 fully saturated rings. The van der Waals surface area contributed by atoms with E-state index in [1.807, 2.05) is 49.8 Å². The zero-order valence-electron chi connectivity index (χ0n) is 15.1. The summed E-state index contributed by atoms with van der Waals surface area (Å²) in [6.07, 6.45) is 4.81. The minimum absolute atomic E-state index is 0.192. The van der Waals surface area contributed by atoms with Crippen LogP contribution in [0.4, 0.5) is 14.6 Å². The number of benzene rings is 1. The van der Waals surface area contributed by atoms with Crippen molar-refractivity contribution in [3.8, 4) is 16.9 Å². The molecule has 0 amide bonds. The van der Waals surface area contributed by atoms with Crippen LogP contribution in [0.25, 0.3) is 16.8 Å². The highest BCUT2D eigenvalue weighted by atomic mass is 19.3. The summed E-state index contributed by atoms with van der Waals surface area (Å²) in [6.45, 7) is 1.30. The van der Waals surface area contributed by atoms with Gasteiger partial charge in [-0.05, 0) is 25.1 Å². The molecule has 3 aromatic heterocycles. The van der Waals surface area contributed by atoms with Gasteiger partial charge in [0.1, 0.15) is 18.2 Å². The van der Waals surface area contributed by atoms with Crippen LogP contribution >= 0.6 is 0 Å². The van der Waals surface area contributed by atoms with E-state index in [1.54, 1.807) is 22.8 Å². The van der Waals surface area contributed by atoms with E-state index >= 15 is 0 Å². The fraction of sp³-hybridized carbons (Fsp3) is 0.200. The normalized spacial score (nSPS) is 12.4. The maximum absolute atomic E-state index is 12.5. The highest BCUT2D eigenvalue weighted by Gasteiger charge is 2.15. The number of aromatic amines is 1. The summed E-state index contributed by atoms with van der Waals surface area (Å²) >= 11 is 0. The Morgan fingerprint density at radius 3 is 2.86 bits per heavy atom. The third-order valence-electron chi connectivity index (χ3n) is 4.39. The van der Waals surface area contributed by atoms with Crippen molar-refractivity contribution >= 4 is 11.5 Å². The van der Waals surface area contributed by atoms with Crippen molar-refractivity contribution in [3.05, 3.63) is 66.7 Å². The largest absolute Gasteiger partial charge is 0.487 e. The van der Waals surface area contributed by atoms with Crippen molar-refractivity contribution in [2.24, 2.45) is 0 Å². The predicted molar refractivity (Wildman–Crippen MR) is 103 cm³/mol. The van der Waals surface area contributed by atoms with Gasteiger partial charge >= 0.3 is 0 Å². The molecule has 3 heterocycles. The van der Waals surface area contributed by atoms with Crippen LogP contribution < -0.4 is 10.1 Å². The summed E-state index contributed by atoms with van der Waals surface area (Å²) in [5.74, 6) is 1.09. The molecule has 0 aliphatic carbocycles. The lowest BCUT2D eigenvalue weighted by atomic mass is 10.1. The van der Waals surface area contributed by atoms with Gasteiger partial charge < -0.3 is 15.0 Å². The van der Waals surface area contributed by atoms with E-state index < -0.39 is 13.0 Å². The van der Waals surface area contributed by atoms with Gasteiger partial charge in [-0.1, -0.05) is 18.2 Å². The third kappa shape index (κ3) is 3.66. The Hall–Kier alpha value is -3.42. The molecule has 2 N–H and O–H groups in total. The lowest BCUT2D eigenvalue weighted by Crippen LogP contribution is -2.13. The fourth-order valence-electron chi connectivity index (χ4n) is 3.07. The standard InChI is InChI=1S/C20H19F2N5O/c1-13(15-4-2-3-5-17(15)28-12-18(21)22)25-19-7-9-27-20(26-19)16(11-24-27)14-6-8-23-10-14/h2-11,13,18,23H,12H2,1H3,(H,25,26). The second-order valence-corrected chi connectivity index (χ2v) is 6.34. The molecular formula is C20H19F2N5O. The van der Waals surface area contributed by atoms with Crippen molar-refractivity contribution in [1.82, 2.24) is 19.6 Å². The van der Waals surface area contributed by atoms with Gasteiger partial charge in [0.25, 0.3) is 6.43 Å². The number of H-pyrrole nitrogens is 1. The highest BCUT2D eigenvalue weighted by Crippen LogP contribution is 2.29. The van der Waals surface area contributed by atoms with Crippen molar-refractivity contribution in [1.29, 1.82) is 0 Å². The van der Waals surface area contributed by atoms with Gasteiger partial charge in [-0.25, -0.2) is 18.3 Å². The SMILES string of the molecule is CC(Nc1ccn2ncc(-c3cc[nH]c3)c2n1)c1ccccc1OCC(F)F. The van der Waals surface area contributed by atoms with Gasteiger partial charge in [0, 0.05) is 35.3 Å². The number of fused-ring (bicyclic) bond motifs is 1. The summed E-state index contributed by atoms with van der Waals surface area (Å²) in [5.41, 5.74) is 3.42. The third-order valence-corrected chi connectivity index (χ3v) is 4.39. The van der Waals surface area contributed by atoms with Gasteiger partial charge in [0.2, 0.25) is 0 Å². The molecule has 1 aromatic carbocycles. The number of halogens is 2. The van der Waals surface area contributed by atoms with E-state index in [1.165, 1.54) is 0 Å². The predicted octanol–water partition coefficient (Wildman–Crippen LogP) is 4.54. The summed E-state index contributed by atoms with van der Waals surface area (Å²) < 4.78 is 32.0. The van der Waals surface area contributed by atoms with Crippen LogP contribution in [-0.4, -0.2) is 32.6 Å². The number of nitrogens with zero attached hydrogens (tertiary/aromatic N) is 3. The first-order chi connectivity index (χ1) is 13.6. The smallest absolute Gasteiger partial charge is 0.272 e. The van der Waals surface area contributed by atoms with Gasteiger partial charge in [0.15, 0.2) is 5.65 Å². The number of aromatic nitrogens is 4. The minimum Gasteiger partial charge on any atom is -0.487 e. The Kier molecular flexibility index (Phi) is 4.92. The first-order valence-electron chi connectivity index (χ1n) is 8.86. The van der Waals surface area contributed by atoms with Gasteiger partial charge in [-0.3, -0.25) is 0 Å². The van der Waals surface area contributed by atoms with Crippen LogP contribution in [0.2, 0.25) is 0 Å². The van der Waals surface area contributed by atoms with Gasteiger partial charge in [-0.2, -0.15) is 5.10 Å². The lowest BCUT2D eigenvalue weighted by molar-refractivity contribution is 0.0813. The molecule has 0 spiro atoms. The van der Waals surface area contributed by atoms with Crippen LogP contribution in [0.1, 0.15) is 18.5 Å². The van der Waals surface area contributed by atoms with Crippen LogP contribution in [0.3, 0.4) is 0 Å². The summed E-state index contributed by atoms with van der Waals surface area (Å²) in [6, 6.07) is 10.7. The molecule has 0 bridgehead atoms. The maximum atomic E-state index is 12.5. The Morgan fingerprint density at radius 2 is 2.07 bits per heavy atom. The summed E-state index contributed by atoms with van der Waals surface area (Å²) in [4.78, 5) is 7.70. The van der Waals surface area contributed by atoms with Crippen LogP contribution in [0.15, 0.2) is 61.2 Å². The van der Waals surface area contributed by atoms with Gasteiger partial charge in [-0.15, -0.1) is 0 Å². The molecule has 1 atom stereocenters. The van der Waals surface area contributed by atoms with Crippen LogP contribution in [0.5, 0.6) is 5.75 Å². The van der Waals surface area contributed by atoms with E-state index in [0.717, 1.165) is 22.3 Å². The molecule has 0 radical (unpaired) electrons. The number of hydrogen-bond acceptors (Lipinski definition) is 4. The molecule has 6 nitrogen and oxygen atoms in total. The van der Waals surface area contributed by atoms with Crippen molar-refractivity contribution in [2.45, 2.75) is 19.4 Å². The Labute approximate surface area is 160 Å². The zero-order valence-corrected chi connectivity index (χ0v) is 15.1. The number of alkyl halides is 2. The van der Waals surface area contributed by atoms with Crippen molar-refractivity contribution < 1.29 is 13.5 Å². The minimum atomic E-state index is -2.52. The van der Waals surface area contributed by atoms with Crippen molar-refractivity contribution in [2.75, 3.05) is 11.9 Å². The summed E-state index contributed by atoms with van der Waals surface area (Å²) in [7, 11) is 0. The van der Waals surface area contributed by atoms with E-state index in [4.69, 9.17) is 4.74 Å². The Morgan fingerprint density at radius 1 is 1.21 bits per heavy atom. The monoisotopic (exact) mass is 383 g/mol. The van der Waals surface area contributed by atoms with E-state index in [-0.39, 0.29) is 6.04 Å². The second-order valence-electron chi connectivity index (χ2n) is 6.34. The molecular weight excluding hydrogens is 364 g/mol. The number of ether oxygens (including phenoxy) is 1. The molecule has 1 unspecified atom stereocenters. The number of para-hydroxylation sites is 1. The van der Waals surface area contributed by atoms with Crippen LogP contribution in [-0.2, 0) is 0 Å². The quantitative estimate of drug-likeness (QED) is 0.492. The highest BCUT2D eigenvalue weighted by molar-refractivity contribution is 5.77. The molecule has 4 aromatic rings. The topological polar surface area (TPSA) is 67.2 Å². The molecule has 0 aliphatic rings. The average Bonchev–Trinajstić information content (AvgIpc) is 3.35. The summed E-state index contributed by atoms with van der Waals surface area (Å²) in [5, 5.41) is 7.64. The van der Waals surface area contributed by atoms with E-state index in [2.05, 4.69) is 20.4 Å². The average molecular weight is 383 g/mol. The number of anilines is 1. The molecule has 0 aliphatic heterocycles.